The number of hydrogen-bond donors (Lipinski definition) is 2. The van der Waals surface area contributed by atoms with Crippen LogP contribution in [0.2, 0.25) is 0 Å². The molecule has 3 rings (SSSR count). The van der Waals surface area contributed by atoms with Gasteiger partial charge in [0, 0.05) is 22.9 Å². The van der Waals surface area contributed by atoms with Gasteiger partial charge in [0.25, 0.3) is 0 Å². The minimum absolute atomic E-state index is 0.000152. The molecule has 2 fully saturated rings. The van der Waals surface area contributed by atoms with Gasteiger partial charge in [-0.3, -0.25) is 4.79 Å². The first-order chi connectivity index (χ1) is 10.1. The third-order valence-corrected chi connectivity index (χ3v) is 5.21. The van der Waals surface area contributed by atoms with Crippen LogP contribution in [0.3, 0.4) is 0 Å². The van der Waals surface area contributed by atoms with Crippen molar-refractivity contribution >= 4 is 5.91 Å². The van der Waals surface area contributed by atoms with E-state index in [1.54, 1.807) is 7.11 Å². The molecule has 2 N–H and O–H groups in total. The molecule has 0 radical (unpaired) electrons. The van der Waals surface area contributed by atoms with E-state index in [-0.39, 0.29) is 23.3 Å². The Labute approximate surface area is 126 Å². The van der Waals surface area contributed by atoms with Crippen molar-refractivity contribution in [1.82, 2.24) is 10.6 Å². The van der Waals surface area contributed by atoms with E-state index in [4.69, 9.17) is 4.74 Å². The number of methoxy groups -OCH3 is 1. The normalized spacial score (nSPS) is 29.4. The number of ether oxygens (including phenoxy) is 1. The summed E-state index contributed by atoms with van der Waals surface area (Å²) >= 11 is 0. The second kappa shape index (κ2) is 5.34. The number of nitrogens with one attached hydrogen (secondary N) is 2. The van der Waals surface area contributed by atoms with Gasteiger partial charge in [0.1, 0.15) is 5.75 Å². The molecule has 3 unspecified atom stereocenters. The molecule has 0 spiro atoms. The number of amides is 1. The Hall–Kier alpha value is -1.55. The zero-order chi connectivity index (χ0) is 15.0. The highest BCUT2D eigenvalue weighted by atomic mass is 16.5. The van der Waals surface area contributed by atoms with Gasteiger partial charge in [0.05, 0.1) is 7.11 Å². The Kier molecular flexibility index (Phi) is 3.66. The fourth-order valence-corrected chi connectivity index (χ4v) is 3.17. The van der Waals surface area contributed by atoms with Crippen LogP contribution in [0.4, 0.5) is 0 Å². The summed E-state index contributed by atoms with van der Waals surface area (Å²) in [5.41, 5.74) is 1.19. The number of benzene rings is 1. The van der Waals surface area contributed by atoms with Gasteiger partial charge < -0.3 is 15.4 Å². The second-order valence-electron chi connectivity index (χ2n) is 6.59. The van der Waals surface area contributed by atoms with Gasteiger partial charge in [-0.15, -0.1) is 0 Å². The van der Waals surface area contributed by atoms with E-state index in [1.807, 2.05) is 25.1 Å². The van der Waals surface area contributed by atoms with E-state index in [2.05, 4.69) is 23.6 Å². The maximum atomic E-state index is 12.3. The van der Waals surface area contributed by atoms with Crippen molar-refractivity contribution in [3.05, 3.63) is 29.8 Å². The van der Waals surface area contributed by atoms with Crippen LogP contribution in [0.25, 0.3) is 0 Å². The quantitative estimate of drug-likeness (QED) is 0.867. The molecule has 114 valence electrons. The van der Waals surface area contributed by atoms with Gasteiger partial charge in [-0.05, 0) is 31.5 Å². The first-order valence-corrected chi connectivity index (χ1v) is 7.71. The Morgan fingerprint density at radius 3 is 2.76 bits per heavy atom. The summed E-state index contributed by atoms with van der Waals surface area (Å²) in [4.78, 5) is 12.3. The van der Waals surface area contributed by atoms with Gasteiger partial charge in [0.15, 0.2) is 0 Å². The summed E-state index contributed by atoms with van der Waals surface area (Å²) < 4.78 is 5.46. The molecule has 1 heterocycles. The maximum Gasteiger partial charge on any atom is 0.223 e. The predicted molar refractivity (Wildman–Crippen MR) is 82.4 cm³/mol. The SMILES string of the molecule is COc1ccccc1C1(C)CC1NC(=O)C(C)C1CNC1. The highest BCUT2D eigenvalue weighted by Gasteiger charge is 2.53. The molecule has 1 amide bonds. The first kappa shape index (κ1) is 14.4. The highest BCUT2D eigenvalue weighted by Crippen LogP contribution is 2.51. The average Bonchev–Trinajstić information content (AvgIpc) is 3.08. The topological polar surface area (TPSA) is 50.4 Å². The molecule has 2 aliphatic rings. The third-order valence-electron chi connectivity index (χ3n) is 5.21. The smallest absolute Gasteiger partial charge is 0.223 e. The van der Waals surface area contributed by atoms with Crippen LogP contribution in [0.15, 0.2) is 24.3 Å². The van der Waals surface area contributed by atoms with Crippen molar-refractivity contribution in [3.63, 3.8) is 0 Å². The van der Waals surface area contributed by atoms with E-state index in [0.29, 0.717) is 5.92 Å². The van der Waals surface area contributed by atoms with Crippen LogP contribution in [-0.4, -0.2) is 32.1 Å². The fourth-order valence-electron chi connectivity index (χ4n) is 3.17. The second-order valence-corrected chi connectivity index (χ2v) is 6.59. The van der Waals surface area contributed by atoms with Gasteiger partial charge in [-0.1, -0.05) is 32.0 Å². The van der Waals surface area contributed by atoms with Gasteiger partial charge in [0.2, 0.25) is 5.91 Å². The molecule has 1 aromatic rings. The molecule has 0 aromatic heterocycles. The van der Waals surface area contributed by atoms with Crippen LogP contribution in [0.1, 0.15) is 25.8 Å². The van der Waals surface area contributed by atoms with E-state index in [9.17, 15) is 4.79 Å². The van der Waals surface area contributed by atoms with Crippen molar-refractivity contribution in [3.8, 4) is 5.75 Å². The van der Waals surface area contributed by atoms with Crippen LogP contribution in [-0.2, 0) is 10.2 Å². The molecule has 21 heavy (non-hydrogen) atoms. The summed E-state index contributed by atoms with van der Waals surface area (Å²) in [5, 5.41) is 6.45. The minimum Gasteiger partial charge on any atom is -0.496 e. The number of rotatable bonds is 5. The summed E-state index contributed by atoms with van der Waals surface area (Å²) in [7, 11) is 1.70. The molecule has 1 aromatic carbocycles. The van der Waals surface area contributed by atoms with Crippen LogP contribution in [0.5, 0.6) is 5.75 Å². The molecule has 1 saturated carbocycles. The Morgan fingerprint density at radius 1 is 1.43 bits per heavy atom. The molecule has 1 aliphatic carbocycles. The molecular weight excluding hydrogens is 264 g/mol. The van der Waals surface area contributed by atoms with Crippen molar-refractivity contribution in [2.24, 2.45) is 11.8 Å². The molecule has 1 aliphatic heterocycles. The van der Waals surface area contributed by atoms with Crippen molar-refractivity contribution in [2.75, 3.05) is 20.2 Å². The number of carbonyl (C=O) groups excluding carboxylic acids is 1. The van der Waals surface area contributed by atoms with Crippen molar-refractivity contribution in [1.29, 1.82) is 0 Å². The lowest BCUT2D eigenvalue weighted by atomic mass is 9.88. The van der Waals surface area contributed by atoms with Gasteiger partial charge in [-0.2, -0.15) is 0 Å². The Balaban J connectivity index is 1.65. The molecule has 3 atom stereocenters. The number of hydrogen-bond acceptors (Lipinski definition) is 3. The largest absolute Gasteiger partial charge is 0.496 e. The predicted octanol–water partition coefficient (Wildman–Crippen LogP) is 1.70. The highest BCUT2D eigenvalue weighted by molar-refractivity contribution is 5.80. The summed E-state index contributed by atoms with van der Waals surface area (Å²) in [6.45, 7) is 6.15. The van der Waals surface area contributed by atoms with Crippen molar-refractivity contribution in [2.45, 2.75) is 31.7 Å². The standard InChI is InChI=1S/C17H24N2O2/c1-11(12-9-18-10-12)16(20)19-15-8-17(15,2)13-6-4-5-7-14(13)21-3/h4-7,11-12,15,18H,8-10H2,1-3H3,(H,19,20). The van der Waals surface area contributed by atoms with E-state index < -0.39 is 0 Å². The van der Waals surface area contributed by atoms with Crippen molar-refractivity contribution < 1.29 is 9.53 Å². The third kappa shape index (κ3) is 2.53. The van der Waals surface area contributed by atoms with E-state index in [0.717, 1.165) is 25.3 Å². The Bertz CT molecular complexity index is 541. The fraction of sp³-hybridized carbons (Fsp3) is 0.588. The number of carbonyl (C=O) groups is 1. The lowest BCUT2D eigenvalue weighted by Crippen LogP contribution is -2.50. The van der Waals surface area contributed by atoms with Crippen LogP contribution in [0, 0.1) is 11.8 Å². The van der Waals surface area contributed by atoms with Gasteiger partial charge in [-0.25, -0.2) is 0 Å². The Morgan fingerprint density at radius 2 is 2.14 bits per heavy atom. The average molecular weight is 288 g/mol. The van der Waals surface area contributed by atoms with Gasteiger partial charge >= 0.3 is 0 Å². The molecule has 4 heteroatoms. The molecule has 1 saturated heterocycles. The molecular formula is C17H24N2O2. The zero-order valence-corrected chi connectivity index (χ0v) is 13.0. The lowest BCUT2D eigenvalue weighted by molar-refractivity contribution is -0.126. The maximum absolute atomic E-state index is 12.3. The van der Waals surface area contributed by atoms with E-state index in [1.165, 1.54) is 5.56 Å². The van der Waals surface area contributed by atoms with Crippen LogP contribution < -0.4 is 15.4 Å². The molecule has 4 nitrogen and oxygen atoms in total. The molecule has 0 bridgehead atoms. The van der Waals surface area contributed by atoms with Crippen LogP contribution >= 0.6 is 0 Å². The zero-order valence-electron chi connectivity index (χ0n) is 13.0. The number of para-hydroxylation sites is 1. The minimum atomic E-state index is -0.000152. The summed E-state index contributed by atoms with van der Waals surface area (Å²) in [5.74, 6) is 1.67. The summed E-state index contributed by atoms with van der Waals surface area (Å²) in [6.07, 6.45) is 0.981. The lowest BCUT2D eigenvalue weighted by Gasteiger charge is -2.32. The van der Waals surface area contributed by atoms with E-state index >= 15 is 0 Å². The summed E-state index contributed by atoms with van der Waals surface area (Å²) in [6, 6.07) is 8.32. The monoisotopic (exact) mass is 288 g/mol. The first-order valence-electron chi connectivity index (χ1n) is 7.71.